The molecule has 0 aliphatic carbocycles. The van der Waals surface area contributed by atoms with Gasteiger partial charge >= 0.3 is 0 Å². The Kier molecular flexibility index (Phi) is 4.94. The summed E-state index contributed by atoms with van der Waals surface area (Å²) in [6, 6.07) is 13.1. The van der Waals surface area contributed by atoms with Gasteiger partial charge in [0.15, 0.2) is 0 Å². The Labute approximate surface area is 164 Å². The molecule has 2 aromatic heterocycles. The molecule has 8 heteroatoms. The molecular weight excluding hydrogens is 378 g/mol. The average molecular weight is 393 g/mol. The number of aromatic nitrogens is 2. The van der Waals surface area contributed by atoms with Crippen molar-refractivity contribution >= 4 is 29.0 Å². The van der Waals surface area contributed by atoms with Crippen LogP contribution < -0.4 is 10.1 Å². The summed E-state index contributed by atoms with van der Waals surface area (Å²) in [5, 5.41) is 1.84. The third-order valence-electron chi connectivity index (χ3n) is 3.97. The van der Waals surface area contributed by atoms with Crippen LogP contribution in [0.5, 0.6) is 5.88 Å². The maximum absolute atomic E-state index is 11.6. The highest BCUT2D eigenvalue weighted by Gasteiger charge is 2.24. The summed E-state index contributed by atoms with van der Waals surface area (Å²) in [5.41, 5.74) is 2.30. The Bertz CT molecular complexity index is 1060. The maximum atomic E-state index is 11.6. The highest BCUT2D eigenvalue weighted by atomic mass is 32.2. The lowest BCUT2D eigenvalue weighted by molar-refractivity contribution is -0.115. The van der Waals surface area contributed by atoms with Crippen molar-refractivity contribution in [2.45, 2.75) is 13.5 Å². The first-order valence-electron chi connectivity index (χ1n) is 8.44. The first-order chi connectivity index (χ1) is 13.6. The minimum absolute atomic E-state index is 0.225. The summed E-state index contributed by atoms with van der Waals surface area (Å²) in [7, 11) is 0. The van der Waals surface area contributed by atoms with Crippen LogP contribution in [0.3, 0.4) is 0 Å². The maximum Gasteiger partial charge on any atom is 0.290 e. The van der Waals surface area contributed by atoms with E-state index in [0.717, 1.165) is 17.3 Å². The van der Waals surface area contributed by atoms with E-state index in [1.807, 2.05) is 37.3 Å². The summed E-state index contributed by atoms with van der Waals surface area (Å²) >= 11 is 0.866. The lowest BCUT2D eigenvalue weighted by Gasteiger charge is -2.03. The molecule has 4 rings (SSSR count). The molecule has 0 bridgehead atoms. The van der Waals surface area contributed by atoms with Crippen LogP contribution >= 0.6 is 11.8 Å². The number of hydrogen-bond donors (Lipinski definition) is 1. The average Bonchev–Trinajstić information content (AvgIpc) is 3.23. The van der Waals surface area contributed by atoms with Gasteiger partial charge in [0.1, 0.15) is 18.1 Å². The largest absolute Gasteiger partial charge is 0.471 e. The summed E-state index contributed by atoms with van der Waals surface area (Å²) in [6.07, 6.45) is 3.18. The Balaban J connectivity index is 1.42. The zero-order valence-corrected chi connectivity index (χ0v) is 15.7. The fraction of sp³-hybridized carbons (Fsp3) is 0.100. The van der Waals surface area contributed by atoms with E-state index in [1.165, 1.54) is 0 Å². The number of nitrogens with zero attached hydrogens (tertiary/aromatic N) is 2. The Morgan fingerprint density at radius 2 is 2.00 bits per heavy atom. The van der Waals surface area contributed by atoms with Crippen molar-refractivity contribution in [3.05, 3.63) is 70.6 Å². The fourth-order valence-corrected chi connectivity index (χ4v) is 3.23. The predicted molar refractivity (Wildman–Crippen MR) is 104 cm³/mol. The SMILES string of the molecule is Cc1oc(-c2ccccc2)nc1COc1ccc(/C=C2/SC(=O)NC2=O)cn1. The van der Waals surface area contributed by atoms with Gasteiger partial charge in [-0.05, 0) is 48.5 Å². The Hall–Kier alpha value is -3.39. The van der Waals surface area contributed by atoms with Crippen molar-refractivity contribution in [2.75, 3.05) is 0 Å². The topological polar surface area (TPSA) is 94.3 Å². The van der Waals surface area contributed by atoms with Crippen LogP contribution in [-0.2, 0) is 11.4 Å². The molecule has 0 spiro atoms. The minimum Gasteiger partial charge on any atom is -0.471 e. The second kappa shape index (κ2) is 7.69. The van der Waals surface area contributed by atoms with Gasteiger partial charge in [0.05, 0.1) is 4.91 Å². The van der Waals surface area contributed by atoms with E-state index in [4.69, 9.17) is 9.15 Å². The molecule has 1 aliphatic heterocycles. The van der Waals surface area contributed by atoms with Crippen LogP contribution in [-0.4, -0.2) is 21.1 Å². The second-order valence-electron chi connectivity index (χ2n) is 5.96. The summed E-state index contributed by atoms with van der Waals surface area (Å²) in [5.74, 6) is 1.26. The third-order valence-corrected chi connectivity index (χ3v) is 4.78. The molecule has 0 unspecified atom stereocenters. The number of hydrogen-bond acceptors (Lipinski definition) is 7. The van der Waals surface area contributed by atoms with Crippen molar-refractivity contribution in [3.8, 4) is 17.3 Å². The first kappa shape index (κ1) is 18.0. The van der Waals surface area contributed by atoms with E-state index in [1.54, 1.807) is 24.4 Å². The van der Waals surface area contributed by atoms with E-state index < -0.39 is 5.91 Å². The first-order valence-corrected chi connectivity index (χ1v) is 9.25. The standard InChI is InChI=1S/C20H15N3O4S/c1-12-15(22-19(27-12)14-5-3-2-4-6-14)11-26-17-8-7-13(10-21-17)9-16-18(24)23-20(25)28-16/h2-10H,11H2,1H3,(H,23,24,25)/b16-9+. The van der Waals surface area contributed by atoms with Crippen LogP contribution in [0.25, 0.3) is 17.5 Å². The van der Waals surface area contributed by atoms with Crippen molar-refractivity contribution in [3.63, 3.8) is 0 Å². The van der Waals surface area contributed by atoms with Gasteiger partial charge in [0, 0.05) is 17.8 Å². The molecule has 0 saturated carbocycles. The Morgan fingerprint density at radius 1 is 1.18 bits per heavy atom. The number of benzene rings is 1. The van der Waals surface area contributed by atoms with E-state index in [-0.39, 0.29) is 11.8 Å². The smallest absolute Gasteiger partial charge is 0.290 e. The zero-order chi connectivity index (χ0) is 19.5. The number of ether oxygens (including phenoxy) is 1. The Morgan fingerprint density at radius 3 is 2.68 bits per heavy atom. The number of nitrogens with one attached hydrogen (secondary N) is 1. The fourth-order valence-electron chi connectivity index (χ4n) is 2.54. The van der Waals surface area contributed by atoms with Gasteiger partial charge in [-0.1, -0.05) is 18.2 Å². The highest BCUT2D eigenvalue weighted by Crippen LogP contribution is 2.26. The molecule has 1 fully saturated rings. The molecule has 1 aliphatic rings. The molecule has 1 saturated heterocycles. The number of carbonyl (C=O) groups is 2. The number of carbonyl (C=O) groups excluding carboxylic acids is 2. The van der Waals surface area contributed by atoms with E-state index >= 15 is 0 Å². The van der Waals surface area contributed by atoms with Crippen LogP contribution in [0.1, 0.15) is 17.0 Å². The van der Waals surface area contributed by atoms with Gasteiger partial charge in [0.2, 0.25) is 11.8 Å². The number of pyridine rings is 1. The molecule has 3 heterocycles. The van der Waals surface area contributed by atoms with Gasteiger partial charge in [-0.2, -0.15) is 0 Å². The zero-order valence-electron chi connectivity index (χ0n) is 14.8. The van der Waals surface area contributed by atoms with E-state index in [2.05, 4.69) is 15.3 Å². The molecule has 1 aromatic carbocycles. The van der Waals surface area contributed by atoms with E-state index in [9.17, 15) is 9.59 Å². The monoisotopic (exact) mass is 393 g/mol. The van der Waals surface area contributed by atoms with Gasteiger partial charge in [-0.3, -0.25) is 14.9 Å². The third kappa shape index (κ3) is 3.96. The second-order valence-corrected chi connectivity index (χ2v) is 6.97. The normalized spacial score (nSPS) is 15.1. The van der Waals surface area contributed by atoms with Gasteiger partial charge in [0.25, 0.3) is 11.1 Å². The van der Waals surface area contributed by atoms with Crippen molar-refractivity contribution in [2.24, 2.45) is 0 Å². The number of rotatable bonds is 5. The van der Waals surface area contributed by atoms with Crippen LogP contribution in [0.4, 0.5) is 4.79 Å². The van der Waals surface area contributed by atoms with Crippen LogP contribution in [0, 0.1) is 6.92 Å². The molecule has 0 radical (unpaired) electrons. The van der Waals surface area contributed by atoms with Gasteiger partial charge < -0.3 is 9.15 Å². The molecule has 3 aromatic rings. The summed E-state index contributed by atoms with van der Waals surface area (Å²) < 4.78 is 11.4. The molecule has 7 nitrogen and oxygen atoms in total. The highest BCUT2D eigenvalue weighted by molar-refractivity contribution is 8.18. The summed E-state index contributed by atoms with van der Waals surface area (Å²) in [6.45, 7) is 2.06. The number of oxazole rings is 1. The van der Waals surface area contributed by atoms with Gasteiger partial charge in [-0.15, -0.1) is 0 Å². The molecular formula is C20H15N3O4S. The van der Waals surface area contributed by atoms with Crippen molar-refractivity contribution < 1.29 is 18.7 Å². The minimum atomic E-state index is -0.397. The van der Waals surface area contributed by atoms with Crippen molar-refractivity contribution in [1.29, 1.82) is 0 Å². The van der Waals surface area contributed by atoms with Crippen LogP contribution in [0.15, 0.2) is 58.0 Å². The molecule has 2 amide bonds. The lowest BCUT2D eigenvalue weighted by atomic mass is 10.2. The number of amides is 2. The molecule has 0 atom stereocenters. The molecule has 1 N–H and O–H groups in total. The van der Waals surface area contributed by atoms with Crippen molar-refractivity contribution in [1.82, 2.24) is 15.3 Å². The lowest BCUT2D eigenvalue weighted by Crippen LogP contribution is -2.17. The number of imide groups is 1. The van der Waals surface area contributed by atoms with E-state index in [0.29, 0.717) is 33.7 Å². The number of aryl methyl sites for hydroxylation is 1. The predicted octanol–water partition coefficient (Wildman–Crippen LogP) is 3.95. The number of thioether (sulfide) groups is 1. The van der Waals surface area contributed by atoms with Crippen LogP contribution in [0.2, 0.25) is 0 Å². The molecule has 28 heavy (non-hydrogen) atoms. The molecule has 140 valence electrons. The van der Waals surface area contributed by atoms with Gasteiger partial charge in [-0.25, -0.2) is 9.97 Å². The summed E-state index contributed by atoms with van der Waals surface area (Å²) in [4.78, 5) is 31.8. The quantitative estimate of drug-likeness (QED) is 0.656.